The van der Waals surface area contributed by atoms with Gasteiger partial charge in [-0.1, -0.05) is 12.1 Å². The number of nitro groups is 1. The zero-order chi connectivity index (χ0) is 18.2. The smallest absolute Gasteiger partial charge is 0.353 e. The van der Waals surface area contributed by atoms with Crippen LogP contribution in [0.5, 0.6) is 0 Å². The van der Waals surface area contributed by atoms with Crippen molar-refractivity contribution in [1.29, 1.82) is 0 Å². The number of ether oxygens (including phenoxy) is 1. The first-order valence-corrected chi connectivity index (χ1v) is 8.14. The highest BCUT2D eigenvalue weighted by Gasteiger charge is 2.27. The molecule has 0 amide bonds. The lowest BCUT2D eigenvalue weighted by molar-refractivity contribution is -0.383. The Balaban J connectivity index is 2.39. The summed E-state index contributed by atoms with van der Waals surface area (Å²) in [6.07, 6.45) is 2.07. The molecular formula is C17H23N5O3. The van der Waals surface area contributed by atoms with Crippen molar-refractivity contribution < 1.29 is 9.66 Å². The number of hydrogen-bond acceptors (Lipinski definition) is 7. The van der Waals surface area contributed by atoms with E-state index in [0.717, 1.165) is 17.7 Å². The minimum absolute atomic E-state index is 0.122. The van der Waals surface area contributed by atoms with Crippen LogP contribution in [0.4, 0.5) is 23.0 Å². The van der Waals surface area contributed by atoms with Gasteiger partial charge in [0.1, 0.15) is 6.33 Å². The lowest BCUT2D eigenvalue weighted by Gasteiger charge is -2.22. The second-order valence-corrected chi connectivity index (χ2v) is 5.51. The summed E-state index contributed by atoms with van der Waals surface area (Å²) < 4.78 is 4.99. The number of nitrogens with one attached hydrogen (secondary N) is 1. The molecule has 0 radical (unpaired) electrons. The molecule has 0 bridgehead atoms. The fourth-order valence-electron chi connectivity index (χ4n) is 2.54. The summed E-state index contributed by atoms with van der Waals surface area (Å²) in [5, 5.41) is 14.7. The molecule has 0 fully saturated rings. The molecule has 134 valence electrons. The summed E-state index contributed by atoms with van der Waals surface area (Å²) in [6.45, 7) is 5.56. The van der Waals surface area contributed by atoms with Crippen molar-refractivity contribution in [2.24, 2.45) is 0 Å². The van der Waals surface area contributed by atoms with E-state index in [-0.39, 0.29) is 17.3 Å². The first-order chi connectivity index (χ1) is 12.1. The van der Waals surface area contributed by atoms with E-state index in [1.165, 1.54) is 6.33 Å². The standard InChI is InChI=1S/C17H23N5O3/c1-4-21(14-8-5-7-13(2)11-14)17-15(22(23)24)16(19-12-20-17)18-9-6-10-25-3/h5,7-8,11-12H,4,6,9-10H2,1-3H3,(H,18,19,20). The lowest BCUT2D eigenvalue weighted by atomic mass is 10.2. The summed E-state index contributed by atoms with van der Waals surface area (Å²) in [4.78, 5) is 21.3. The van der Waals surface area contributed by atoms with Gasteiger partial charge in [-0.3, -0.25) is 10.1 Å². The molecule has 0 spiro atoms. The molecule has 1 heterocycles. The Hall–Kier alpha value is -2.74. The van der Waals surface area contributed by atoms with Crippen LogP contribution in [0.1, 0.15) is 18.9 Å². The number of hydrogen-bond donors (Lipinski definition) is 1. The van der Waals surface area contributed by atoms with Gasteiger partial charge in [-0.15, -0.1) is 0 Å². The van der Waals surface area contributed by atoms with Crippen LogP contribution in [0.3, 0.4) is 0 Å². The van der Waals surface area contributed by atoms with Gasteiger partial charge in [-0.2, -0.15) is 0 Å². The quantitative estimate of drug-likeness (QED) is 0.423. The van der Waals surface area contributed by atoms with Crippen molar-refractivity contribution in [3.05, 3.63) is 46.3 Å². The Morgan fingerprint density at radius 2 is 2.16 bits per heavy atom. The number of nitrogens with zero attached hydrogens (tertiary/aromatic N) is 4. The van der Waals surface area contributed by atoms with Gasteiger partial charge in [0.25, 0.3) is 0 Å². The van der Waals surface area contributed by atoms with Crippen LogP contribution in [-0.2, 0) is 4.74 Å². The molecule has 0 saturated heterocycles. The molecule has 0 atom stereocenters. The monoisotopic (exact) mass is 345 g/mol. The van der Waals surface area contributed by atoms with E-state index in [2.05, 4.69) is 15.3 Å². The molecule has 0 saturated carbocycles. The summed E-state index contributed by atoms with van der Waals surface area (Å²) in [7, 11) is 1.62. The van der Waals surface area contributed by atoms with Gasteiger partial charge < -0.3 is 15.0 Å². The van der Waals surface area contributed by atoms with Crippen molar-refractivity contribution in [3.63, 3.8) is 0 Å². The van der Waals surface area contributed by atoms with E-state index < -0.39 is 4.92 Å². The zero-order valence-electron chi connectivity index (χ0n) is 14.7. The first kappa shape index (κ1) is 18.6. The van der Waals surface area contributed by atoms with Crippen LogP contribution in [0, 0.1) is 17.0 Å². The third-order valence-electron chi connectivity index (χ3n) is 3.69. The van der Waals surface area contributed by atoms with Crippen molar-refractivity contribution in [1.82, 2.24) is 9.97 Å². The zero-order valence-corrected chi connectivity index (χ0v) is 14.7. The SMILES string of the molecule is CCN(c1cccc(C)c1)c1ncnc(NCCCOC)c1[N+](=O)[O-]. The highest BCUT2D eigenvalue weighted by Crippen LogP contribution is 2.35. The predicted octanol–water partition coefficient (Wildman–Crippen LogP) is 3.30. The topological polar surface area (TPSA) is 93.4 Å². The third-order valence-corrected chi connectivity index (χ3v) is 3.69. The van der Waals surface area contributed by atoms with Crippen LogP contribution in [0.25, 0.3) is 0 Å². The Labute approximate surface area is 147 Å². The third kappa shape index (κ3) is 4.63. The molecule has 0 aliphatic rings. The summed E-state index contributed by atoms with van der Waals surface area (Å²) in [5.74, 6) is 0.500. The maximum atomic E-state index is 11.7. The normalized spacial score (nSPS) is 10.5. The molecular weight excluding hydrogens is 322 g/mol. The number of aryl methyl sites for hydroxylation is 1. The Morgan fingerprint density at radius 3 is 2.80 bits per heavy atom. The number of rotatable bonds is 9. The average molecular weight is 345 g/mol. The predicted molar refractivity (Wildman–Crippen MR) is 97.5 cm³/mol. The molecule has 2 rings (SSSR count). The van der Waals surface area contributed by atoms with E-state index >= 15 is 0 Å². The van der Waals surface area contributed by atoms with Crippen LogP contribution >= 0.6 is 0 Å². The van der Waals surface area contributed by atoms with Gasteiger partial charge in [-0.25, -0.2) is 9.97 Å². The Morgan fingerprint density at radius 1 is 1.36 bits per heavy atom. The second kappa shape index (κ2) is 8.93. The second-order valence-electron chi connectivity index (χ2n) is 5.51. The number of aromatic nitrogens is 2. The minimum atomic E-state index is -0.438. The number of methoxy groups -OCH3 is 1. The molecule has 1 aromatic carbocycles. The van der Waals surface area contributed by atoms with Crippen LogP contribution in [0.2, 0.25) is 0 Å². The maximum Gasteiger partial charge on any atom is 0.353 e. The molecule has 8 heteroatoms. The Kier molecular flexibility index (Phi) is 6.64. The minimum Gasteiger partial charge on any atom is -0.385 e. The van der Waals surface area contributed by atoms with Crippen molar-refractivity contribution in [3.8, 4) is 0 Å². The summed E-state index contributed by atoms with van der Waals surface area (Å²) in [6, 6.07) is 7.79. The lowest BCUT2D eigenvalue weighted by Crippen LogP contribution is -2.20. The van der Waals surface area contributed by atoms with Crippen LogP contribution < -0.4 is 10.2 Å². The van der Waals surface area contributed by atoms with E-state index in [1.807, 2.05) is 43.0 Å². The summed E-state index contributed by atoms with van der Waals surface area (Å²) in [5.41, 5.74) is 1.81. The molecule has 1 aromatic heterocycles. The van der Waals surface area contributed by atoms with Crippen molar-refractivity contribution in [2.75, 3.05) is 37.0 Å². The first-order valence-electron chi connectivity index (χ1n) is 8.14. The highest BCUT2D eigenvalue weighted by molar-refractivity contribution is 5.75. The van der Waals surface area contributed by atoms with Gasteiger partial charge >= 0.3 is 5.69 Å². The van der Waals surface area contributed by atoms with E-state index in [4.69, 9.17) is 4.74 Å². The number of anilines is 3. The van der Waals surface area contributed by atoms with Gasteiger partial charge in [-0.05, 0) is 38.0 Å². The van der Waals surface area contributed by atoms with Gasteiger partial charge in [0, 0.05) is 32.5 Å². The largest absolute Gasteiger partial charge is 0.385 e. The molecule has 8 nitrogen and oxygen atoms in total. The molecule has 0 unspecified atom stereocenters. The fourth-order valence-corrected chi connectivity index (χ4v) is 2.54. The maximum absolute atomic E-state index is 11.7. The van der Waals surface area contributed by atoms with E-state index in [0.29, 0.717) is 19.7 Å². The van der Waals surface area contributed by atoms with Gasteiger partial charge in [0.15, 0.2) is 0 Å². The molecule has 1 N–H and O–H groups in total. The molecule has 2 aromatic rings. The van der Waals surface area contributed by atoms with E-state index in [1.54, 1.807) is 7.11 Å². The highest BCUT2D eigenvalue weighted by atomic mass is 16.6. The van der Waals surface area contributed by atoms with Gasteiger partial charge in [0.2, 0.25) is 11.6 Å². The Bertz CT molecular complexity index is 723. The van der Waals surface area contributed by atoms with Crippen molar-refractivity contribution >= 4 is 23.0 Å². The van der Waals surface area contributed by atoms with Crippen LogP contribution in [0.15, 0.2) is 30.6 Å². The van der Waals surface area contributed by atoms with Crippen LogP contribution in [-0.4, -0.2) is 41.7 Å². The molecule has 0 aliphatic heterocycles. The summed E-state index contributed by atoms with van der Waals surface area (Å²) >= 11 is 0. The molecule has 25 heavy (non-hydrogen) atoms. The van der Waals surface area contributed by atoms with E-state index in [9.17, 15) is 10.1 Å². The fraction of sp³-hybridized carbons (Fsp3) is 0.412. The number of benzene rings is 1. The van der Waals surface area contributed by atoms with Crippen molar-refractivity contribution in [2.45, 2.75) is 20.3 Å². The van der Waals surface area contributed by atoms with Gasteiger partial charge in [0.05, 0.1) is 4.92 Å². The average Bonchev–Trinajstić information content (AvgIpc) is 2.59. The molecule has 0 aliphatic carbocycles.